The normalized spacial score (nSPS) is 12.3. The molecule has 0 aliphatic rings. The summed E-state index contributed by atoms with van der Waals surface area (Å²) in [5, 5.41) is 0. The summed E-state index contributed by atoms with van der Waals surface area (Å²) in [5.41, 5.74) is 10.3. The first-order chi connectivity index (χ1) is 9.24. The Bertz CT molecular complexity index is 490. The first-order valence-electron chi connectivity index (χ1n) is 7.09. The molecule has 19 heavy (non-hydrogen) atoms. The minimum atomic E-state index is 0.269. The Morgan fingerprint density at radius 3 is 2.42 bits per heavy atom. The number of rotatable bonds is 6. The van der Waals surface area contributed by atoms with E-state index in [0.29, 0.717) is 0 Å². The molecule has 0 aliphatic heterocycles. The van der Waals surface area contributed by atoms with Crippen LogP contribution in [-0.2, 0) is 12.8 Å². The van der Waals surface area contributed by atoms with Gasteiger partial charge in [-0.3, -0.25) is 0 Å². The van der Waals surface area contributed by atoms with Gasteiger partial charge in [0.25, 0.3) is 0 Å². The van der Waals surface area contributed by atoms with E-state index >= 15 is 0 Å². The van der Waals surface area contributed by atoms with Gasteiger partial charge in [-0.05, 0) is 43.7 Å². The van der Waals surface area contributed by atoms with Gasteiger partial charge in [0.1, 0.15) is 0 Å². The van der Waals surface area contributed by atoms with Crippen molar-refractivity contribution in [3.8, 4) is 0 Å². The molecule has 2 aromatic rings. The van der Waals surface area contributed by atoms with E-state index in [4.69, 9.17) is 5.73 Å². The third-order valence-electron chi connectivity index (χ3n) is 3.46. The zero-order valence-corrected chi connectivity index (χ0v) is 11.7. The molecule has 2 aromatic carbocycles. The highest BCUT2D eigenvalue weighted by atomic mass is 14.6. The predicted molar refractivity (Wildman–Crippen MR) is 82.2 cm³/mol. The fourth-order valence-corrected chi connectivity index (χ4v) is 2.46. The van der Waals surface area contributed by atoms with Gasteiger partial charge in [-0.15, -0.1) is 0 Å². The molecule has 2 N–H and O–H groups in total. The predicted octanol–water partition coefficient (Wildman–Crippen LogP) is 3.89. The zero-order chi connectivity index (χ0) is 13.5. The molecule has 0 fully saturated rings. The summed E-state index contributed by atoms with van der Waals surface area (Å²) < 4.78 is 0. The van der Waals surface area contributed by atoms with E-state index in [9.17, 15) is 0 Å². The van der Waals surface area contributed by atoms with Crippen LogP contribution in [-0.4, -0.2) is 6.04 Å². The maximum Gasteiger partial charge on any atom is 0.00794 e. The van der Waals surface area contributed by atoms with Crippen molar-refractivity contribution in [2.75, 3.05) is 0 Å². The highest BCUT2D eigenvalue weighted by molar-refractivity contribution is 5.23. The highest BCUT2D eigenvalue weighted by Crippen LogP contribution is 2.10. The molecule has 0 amide bonds. The van der Waals surface area contributed by atoms with Crippen molar-refractivity contribution in [3.63, 3.8) is 0 Å². The molecule has 1 unspecified atom stereocenters. The Morgan fingerprint density at radius 2 is 1.68 bits per heavy atom. The number of nitrogens with two attached hydrogens (primary N) is 1. The van der Waals surface area contributed by atoms with Crippen LogP contribution in [0, 0.1) is 6.92 Å². The van der Waals surface area contributed by atoms with Crippen molar-refractivity contribution in [1.29, 1.82) is 0 Å². The van der Waals surface area contributed by atoms with E-state index in [0.717, 1.165) is 25.7 Å². The van der Waals surface area contributed by atoms with Crippen LogP contribution in [0.4, 0.5) is 0 Å². The average Bonchev–Trinajstić information content (AvgIpc) is 2.40. The fraction of sp³-hybridized carbons (Fsp3) is 0.333. The molecule has 0 bridgehead atoms. The Labute approximate surface area is 116 Å². The van der Waals surface area contributed by atoms with Gasteiger partial charge in [0.2, 0.25) is 0 Å². The third-order valence-corrected chi connectivity index (χ3v) is 3.46. The van der Waals surface area contributed by atoms with Crippen molar-refractivity contribution in [3.05, 3.63) is 71.3 Å². The number of hydrogen-bond acceptors (Lipinski definition) is 1. The van der Waals surface area contributed by atoms with Gasteiger partial charge in [0.15, 0.2) is 0 Å². The summed E-state index contributed by atoms with van der Waals surface area (Å²) in [7, 11) is 0. The SMILES string of the molecule is Cc1cccc(CC(N)CCCc2ccccc2)c1. The number of benzene rings is 2. The number of aryl methyl sites for hydroxylation is 2. The van der Waals surface area contributed by atoms with Crippen molar-refractivity contribution < 1.29 is 0 Å². The van der Waals surface area contributed by atoms with E-state index in [1.54, 1.807) is 0 Å². The van der Waals surface area contributed by atoms with Gasteiger partial charge < -0.3 is 5.73 Å². The lowest BCUT2D eigenvalue weighted by molar-refractivity contribution is 0.580. The largest absolute Gasteiger partial charge is 0.327 e. The molecule has 1 atom stereocenters. The molecule has 0 saturated heterocycles. The zero-order valence-electron chi connectivity index (χ0n) is 11.7. The Balaban J connectivity index is 1.74. The van der Waals surface area contributed by atoms with E-state index in [1.807, 2.05) is 0 Å². The molecule has 0 heterocycles. The molecule has 0 aromatic heterocycles. The second kappa shape index (κ2) is 7.10. The topological polar surface area (TPSA) is 26.0 Å². The van der Waals surface area contributed by atoms with Crippen LogP contribution < -0.4 is 5.73 Å². The van der Waals surface area contributed by atoms with Crippen LogP contribution in [0.3, 0.4) is 0 Å². The molecule has 0 spiro atoms. The molecule has 1 nitrogen and oxygen atoms in total. The van der Waals surface area contributed by atoms with E-state index in [2.05, 4.69) is 61.5 Å². The maximum atomic E-state index is 6.22. The molecular weight excluding hydrogens is 230 g/mol. The quantitative estimate of drug-likeness (QED) is 0.830. The lowest BCUT2D eigenvalue weighted by atomic mass is 9.99. The van der Waals surface area contributed by atoms with Crippen molar-refractivity contribution >= 4 is 0 Å². The van der Waals surface area contributed by atoms with Crippen LogP contribution >= 0.6 is 0 Å². The lowest BCUT2D eigenvalue weighted by Gasteiger charge is -2.12. The summed E-state index contributed by atoms with van der Waals surface area (Å²) in [4.78, 5) is 0. The lowest BCUT2D eigenvalue weighted by Crippen LogP contribution is -2.22. The van der Waals surface area contributed by atoms with Gasteiger partial charge in [0.05, 0.1) is 0 Å². The standard InChI is InChI=1S/C18H23N/c1-15-7-5-11-17(13-15)14-18(19)12-6-10-16-8-3-2-4-9-16/h2-5,7-9,11,13,18H,6,10,12,14,19H2,1H3. The molecule has 100 valence electrons. The summed E-state index contributed by atoms with van der Waals surface area (Å²) >= 11 is 0. The first kappa shape index (κ1) is 13.8. The molecule has 0 radical (unpaired) electrons. The maximum absolute atomic E-state index is 6.22. The van der Waals surface area contributed by atoms with Crippen LogP contribution in [0.25, 0.3) is 0 Å². The third kappa shape index (κ3) is 4.88. The number of hydrogen-bond donors (Lipinski definition) is 1. The van der Waals surface area contributed by atoms with Crippen LogP contribution in [0.5, 0.6) is 0 Å². The van der Waals surface area contributed by atoms with Crippen LogP contribution in [0.15, 0.2) is 54.6 Å². The highest BCUT2D eigenvalue weighted by Gasteiger charge is 2.04. The molecule has 2 rings (SSSR count). The van der Waals surface area contributed by atoms with Gasteiger partial charge in [-0.1, -0.05) is 60.2 Å². The van der Waals surface area contributed by atoms with Crippen molar-refractivity contribution in [1.82, 2.24) is 0 Å². The second-order valence-electron chi connectivity index (χ2n) is 5.33. The van der Waals surface area contributed by atoms with Gasteiger partial charge in [-0.2, -0.15) is 0 Å². The average molecular weight is 253 g/mol. The fourth-order valence-electron chi connectivity index (χ4n) is 2.46. The smallest absolute Gasteiger partial charge is 0.00794 e. The van der Waals surface area contributed by atoms with Gasteiger partial charge >= 0.3 is 0 Å². The Hall–Kier alpha value is -1.60. The molecule has 1 heteroatoms. The van der Waals surface area contributed by atoms with Gasteiger partial charge in [-0.25, -0.2) is 0 Å². The van der Waals surface area contributed by atoms with Crippen LogP contribution in [0.1, 0.15) is 29.5 Å². The summed E-state index contributed by atoms with van der Waals surface area (Å²) in [6, 6.07) is 19.5. The first-order valence-corrected chi connectivity index (χ1v) is 7.09. The summed E-state index contributed by atoms with van der Waals surface area (Å²) in [6.45, 7) is 2.13. The molecule has 0 aliphatic carbocycles. The van der Waals surface area contributed by atoms with Crippen molar-refractivity contribution in [2.24, 2.45) is 5.73 Å². The Kier molecular flexibility index (Phi) is 5.17. The van der Waals surface area contributed by atoms with Crippen molar-refractivity contribution in [2.45, 2.75) is 38.6 Å². The minimum absolute atomic E-state index is 0.269. The van der Waals surface area contributed by atoms with Crippen LogP contribution in [0.2, 0.25) is 0 Å². The molecular formula is C18H23N. The Morgan fingerprint density at radius 1 is 0.947 bits per heavy atom. The van der Waals surface area contributed by atoms with E-state index in [-0.39, 0.29) is 6.04 Å². The monoisotopic (exact) mass is 253 g/mol. The summed E-state index contributed by atoms with van der Waals surface area (Å²) in [5.74, 6) is 0. The van der Waals surface area contributed by atoms with E-state index in [1.165, 1.54) is 16.7 Å². The minimum Gasteiger partial charge on any atom is -0.327 e. The summed E-state index contributed by atoms with van der Waals surface area (Å²) in [6.07, 6.45) is 4.36. The van der Waals surface area contributed by atoms with Gasteiger partial charge in [0, 0.05) is 6.04 Å². The molecule has 0 saturated carbocycles. The van der Waals surface area contributed by atoms with E-state index < -0.39 is 0 Å². The second-order valence-corrected chi connectivity index (χ2v) is 5.33.